The Bertz CT molecular complexity index is 423. The Morgan fingerprint density at radius 3 is 2.05 bits per heavy atom. The quantitative estimate of drug-likeness (QED) is 0.788. The highest BCUT2D eigenvalue weighted by molar-refractivity contribution is 5.85. The lowest BCUT2D eigenvalue weighted by Crippen LogP contribution is -2.49. The minimum Gasteiger partial charge on any atom is -0.480 e. The van der Waals surface area contributed by atoms with Crippen LogP contribution < -0.4 is 5.32 Å². The summed E-state index contributed by atoms with van der Waals surface area (Å²) in [5.41, 5.74) is 0. The minimum absolute atomic E-state index is 0.150. The van der Waals surface area contributed by atoms with E-state index in [2.05, 4.69) is 5.32 Å². The summed E-state index contributed by atoms with van der Waals surface area (Å²) in [5.74, 6) is -1.10. The van der Waals surface area contributed by atoms with Crippen LogP contribution in [0, 0.1) is 17.8 Å². The van der Waals surface area contributed by atoms with E-state index in [4.69, 9.17) is 5.11 Å². The molecule has 1 saturated carbocycles. The third-order valence-electron chi connectivity index (χ3n) is 4.33. The van der Waals surface area contributed by atoms with Crippen LogP contribution in [0.3, 0.4) is 0 Å². The average molecular weight is 296 g/mol. The maximum Gasteiger partial charge on any atom is 0.326 e. The fourth-order valence-electron chi connectivity index (χ4n) is 2.74. The predicted molar refractivity (Wildman–Crippen MR) is 76.4 cm³/mol. The number of piperidine rings is 1. The van der Waals surface area contributed by atoms with Gasteiger partial charge in [0.05, 0.1) is 0 Å². The van der Waals surface area contributed by atoms with Gasteiger partial charge in [-0.05, 0) is 31.6 Å². The summed E-state index contributed by atoms with van der Waals surface area (Å²) in [4.78, 5) is 37.1. The summed E-state index contributed by atoms with van der Waals surface area (Å²) in [5, 5.41) is 11.7. The number of nitrogens with zero attached hydrogens (tertiary/aromatic N) is 1. The Morgan fingerprint density at radius 2 is 1.62 bits per heavy atom. The Balaban J connectivity index is 1.82. The highest BCUT2D eigenvalue weighted by Crippen LogP contribution is 2.32. The number of likely N-dealkylation sites (tertiary alicyclic amines) is 1. The molecule has 2 rings (SSSR count). The Morgan fingerprint density at radius 1 is 1.05 bits per heavy atom. The van der Waals surface area contributed by atoms with Crippen molar-refractivity contribution in [2.24, 2.45) is 17.8 Å². The first-order valence-electron chi connectivity index (χ1n) is 7.72. The number of carbonyl (C=O) groups excluding carboxylic acids is 2. The van der Waals surface area contributed by atoms with E-state index in [9.17, 15) is 14.4 Å². The zero-order valence-electron chi connectivity index (χ0n) is 12.7. The van der Waals surface area contributed by atoms with E-state index >= 15 is 0 Å². The lowest BCUT2D eigenvalue weighted by molar-refractivity contribution is -0.144. The van der Waals surface area contributed by atoms with E-state index in [0.29, 0.717) is 25.9 Å². The molecule has 2 N–H and O–H groups in total. The molecule has 6 heteroatoms. The van der Waals surface area contributed by atoms with Crippen molar-refractivity contribution in [3.8, 4) is 0 Å². The highest BCUT2D eigenvalue weighted by atomic mass is 16.4. The Kier molecular flexibility index (Phi) is 4.85. The number of hydrogen-bond donors (Lipinski definition) is 2. The number of nitrogens with one attached hydrogen (secondary N) is 1. The molecule has 2 aliphatic rings. The van der Waals surface area contributed by atoms with Crippen LogP contribution in [0.5, 0.6) is 0 Å². The predicted octanol–water partition coefficient (Wildman–Crippen LogP) is 0.860. The number of aliphatic carboxylic acids is 1. The van der Waals surface area contributed by atoms with E-state index < -0.39 is 12.0 Å². The van der Waals surface area contributed by atoms with Gasteiger partial charge in [-0.25, -0.2) is 4.79 Å². The molecule has 1 saturated heterocycles. The molecule has 0 radical (unpaired) electrons. The van der Waals surface area contributed by atoms with Crippen LogP contribution in [-0.4, -0.2) is 46.9 Å². The van der Waals surface area contributed by atoms with Gasteiger partial charge in [0, 0.05) is 24.9 Å². The van der Waals surface area contributed by atoms with Crippen molar-refractivity contribution >= 4 is 17.8 Å². The average Bonchev–Trinajstić information content (AvgIpc) is 3.27. The fourth-order valence-corrected chi connectivity index (χ4v) is 2.74. The maximum absolute atomic E-state index is 12.2. The second-order valence-corrected chi connectivity index (χ2v) is 6.44. The molecule has 1 heterocycles. The van der Waals surface area contributed by atoms with Crippen LogP contribution >= 0.6 is 0 Å². The standard InChI is InChI=1S/C15H24N2O4/c1-9(2)12(15(20)21)16-13(18)10-5-7-17(8-6-10)14(19)11-3-4-11/h9-12H,3-8H2,1-2H3,(H,16,18)(H,20,21)/t12-/m1/s1. The molecule has 0 unspecified atom stereocenters. The first-order chi connectivity index (χ1) is 9.90. The lowest BCUT2D eigenvalue weighted by Gasteiger charge is -2.32. The van der Waals surface area contributed by atoms with Gasteiger partial charge in [-0.15, -0.1) is 0 Å². The van der Waals surface area contributed by atoms with Gasteiger partial charge in [0.1, 0.15) is 6.04 Å². The van der Waals surface area contributed by atoms with Crippen molar-refractivity contribution in [3.05, 3.63) is 0 Å². The van der Waals surface area contributed by atoms with Crippen LogP contribution in [0.2, 0.25) is 0 Å². The second-order valence-electron chi connectivity index (χ2n) is 6.44. The molecule has 2 fully saturated rings. The first-order valence-corrected chi connectivity index (χ1v) is 7.72. The Hall–Kier alpha value is -1.59. The van der Waals surface area contributed by atoms with Crippen LogP contribution in [0.1, 0.15) is 39.5 Å². The molecule has 0 bridgehead atoms. The SMILES string of the molecule is CC(C)[C@@H](NC(=O)C1CCN(C(=O)C2CC2)CC1)C(=O)O. The highest BCUT2D eigenvalue weighted by Gasteiger charge is 2.36. The van der Waals surface area contributed by atoms with Crippen molar-refractivity contribution in [2.45, 2.75) is 45.6 Å². The van der Waals surface area contributed by atoms with Gasteiger partial charge in [0.2, 0.25) is 11.8 Å². The smallest absolute Gasteiger partial charge is 0.326 e. The van der Waals surface area contributed by atoms with Gasteiger partial charge in [-0.3, -0.25) is 9.59 Å². The zero-order valence-corrected chi connectivity index (χ0v) is 12.7. The summed E-state index contributed by atoms with van der Waals surface area (Å²) < 4.78 is 0. The van der Waals surface area contributed by atoms with E-state index in [1.54, 1.807) is 13.8 Å². The number of carbonyl (C=O) groups is 3. The van der Waals surface area contributed by atoms with Gasteiger partial charge in [0.25, 0.3) is 0 Å². The number of rotatable bonds is 5. The lowest BCUT2D eigenvalue weighted by atomic mass is 9.94. The van der Waals surface area contributed by atoms with E-state index in [-0.39, 0.29) is 29.6 Å². The molecule has 0 aromatic heterocycles. The first kappa shape index (κ1) is 15.8. The van der Waals surface area contributed by atoms with Crippen molar-refractivity contribution in [2.75, 3.05) is 13.1 Å². The monoisotopic (exact) mass is 296 g/mol. The normalized spacial score (nSPS) is 21.2. The minimum atomic E-state index is -1.00. The molecular weight excluding hydrogens is 272 g/mol. The van der Waals surface area contributed by atoms with Gasteiger partial charge in [-0.1, -0.05) is 13.8 Å². The molecule has 1 atom stereocenters. The van der Waals surface area contributed by atoms with Gasteiger partial charge >= 0.3 is 5.97 Å². The topological polar surface area (TPSA) is 86.7 Å². The molecule has 0 aromatic rings. The van der Waals surface area contributed by atoms with Crippen molar-refractivity contribution in [1.82, 2.24) is 10.2 Å². The summed E-state index contributed by atoms with van der Waals surface area (Å²) in [6.07, 6.45) is 3.23. The summed E-state index contributed by atoms with van der Waals surface area (Å²) >= 11 is 0. The van der Waals surface area contributed by atoms with E-state index in [0.717, 1.165) is 12.8 Å². The molecule has 2 amide bonds. The maximum atomic E-state index is 12.2. The number of amides is 2. The van der Waals surface area contributed by atoms with E-state index in [1.807, 2.05) is 4.90 Å². The largest absolute Gasteiger partial charge is 0.480 e. The van der Waals surface area contributed by atoms with Crippen molar-refractivity contribution in [1.29, 1.82) is 0 Å². The molecule has 6 nitrogen and oxygen atoms in total. The summed E-state index contributed by atoms with van der Waals surface area (Å²) in [7, 11) is 0. The zero-order chi connectivity index (χ0) is 15.6. The summed E-state index contributed by atoms with van der Waals surface area (Å²) in [6, 6.07) is -0.844. The van der Waals surface area contributed by atoms with Crippen molar-refractivity contribution in [3.63, 3.8) is 0 Å². The van der Waals surface area contributed by atoms with Gasteiger partial charge < -0.3 is 15.3 Å². The number of carboxylic acid groups (broad SMARTS) is 1. The third-order valence-corrected chi connectivity index (χ3v) is 4.33. The van der Waals surface area contributed by atoms with Crippen molar-refractivity contribution < 1.29 is 19.5 Å². The molecule has 0 aromatic carbocycles. The fraction of sp³-hybridized carbons (Fsp3) is 0.800. The molecule has 1 aliphatic heterocycles. The van der Waals surface area contributed by atoms with Crippen LogP contribution in [-0.2, 0) is 14.4 Å². The molecular formula is C15H24N2O4. The number of carboxylic acids is 1. The van der Waals surface area contributed by atoms with Crippen LogP contribution in [0.15, 0.2) is 0 Å². The molecule has 118 valence electrons. The van der Waals surface area contributed by atoms with Crippen LogP contribution in [0.25, 0.3) is 0 Å². The number of hydrogen-bond acceptors (Lipinski definition) is 3. The van der Waals surface area contributed by atoms with Gasteiger partial charge in [-0.2, -0.15) is 0 Å². The van der Waals surface area contributed by atoms with Gasteiger partial charge in [0.15, 0.2) is 0 Å². The van der Waals surface area contributed by atoms with Crippen LogP contribution in [0.4, 0.5) is 0 Å². The molecule has 0 spiro atoms. The van der Waals surface area contributed by atoms with E-state index in [1.165, 1.54) is 0 Å². The third kappa shape index (κ3) is 3.95. The second kappa shape index (κ2) is 6.45. The molecule has 1 aliphatic carbocycles. The molecule has 21 heavy (non-hydrogen) atoms. The summed E-state index contributed by atoms with van der Waals surface area (Å²) in [6.45, 7) is 4.76. The Labute approximate surface area is 124 Å².